The largest absolute Gasteiger partial charge is 0.303 e. The van der Waals surface area contributed by atoms with Gasteiger partial charge < -0.3 is 4.90 Å². The minimum Gasteiger partial charge on any atom is -0.303 e. The summed E-state index contributed by atoms with van der Waals surface area (Å²) in [7, 11) is 2.21. The summed E-state index contributed by atoms with van der Waals surface area (Å²) in [6.07, 6.45) is 0. The Bertz CT molecular complexity index is 88.7. The molecule has 0 aromatic heterocycles. The van der Waals surface area contributed by atoms with Crippen molar-refractivity contribution >= 4 is 0 Å². The highest BCUT2D eigenvalue weighted by molar-refractivity contribution is 4.83. The lowest BCUT2D eigenvalue weighted by atomic mass is 9.95. The second-order valence-corrected chi connectivity index (χ2v) is 3.52. The van der Waals surface area contributed by atoms with E-state index in [4.69, 9.17) is 0 Å². The summed E-state index contributed by atoms with van der Waals surface area (Å²) in [5.41, 5.74) is 0. The lowest BCUT2D eigenvalue weighted by Gasteiger charge is -2.16. The molecule has 1 aliphatic heterocycles. The first-order valence-corrected chi connectivity index (χ1v) is 3.83. The Morgan fingerprint density at radius 1 is 1.22 bits per heavy atom. The lowest BCUT2D eigenvalue weighted by Crippen LogP contribution is -2.24. The van der Waals surface area contributed by atoms with E-state index in [1.165, 1.54) is 6.54 Å². The van der Waals surface area contributed by atoms with Crippen LogP contribution in [-0.4, -0.2) is 24.5 Å². The minimum absolute atomic E-state index is 0.792. The first-order chi connectivity index (χ1) is 4.13. The molecule has 0 amide bonds. The van der Waals surface area contributed by atoms with Gasteiger partial charge in [-0.15, -0.1) is 0 Å². The minimum atomic E-state index is 0.792. The van der Waals surface area contributed by atoms with Gasteiger partial charge in [0.05, 0.1) is 0 Å². The van der Waals surface area contributed by atoms with E-state index in [1.807, 2.05) is 0 Å². The van der Waals surface area contributed by atoms with Gasteiger partial charge >= 0.3 is 0 Å². The molecule has 0 radical (unpaired) electrons. The average Bonchev–Trinajstić information content (AvgIpc) is 1.98. The van der Waals surface area contributed by atoms with Crippen molar-refractivity contribution in [3.63, 3.8) is 0 Å². The van der Waals surface area contributed by atoms with Gasteiger partial charge in [0, 0.05) is 12.6 Å². The van der Waals surface area contributed by atoms with Gasteiger partial charge in [-0.2, -0.15) is 0 Å². The summed E-state index contributed by atoms with van der Waals surface area (Å²) in [5.74, 6) is 1.78. The lowest BCUT2D eigenvalue weighted by molar-refractivity contribution is 0.300. The van der Waals surface area contributed by atoms with Crippen molar-refractivity contribution in [2.75, 3.05) is 13.6 Å². The second-order valence-electron chi connectivity index (χ2n) is 3.52. The maximum absolute atomic E-state index is 2.44. The van der Waals surface area contributed by atoms with Crippen molar-refractivity contribution < 1.29 is 0 Å². The number of rotatable bonds is 0. The third kappa shape index (κ3) is 1.11. The zero-order chi connectivity index (χ0) is 7.02. The molecule has 0 spiro atoms. The van der Waals surface area contributed by atoms with Crippen LogP contribution >= 0.6 is 0 Å². The average molecular weight is 127 g/mol. The second kappa shape index (κ2) is 2.30. The molecule has 3 atom stereocenters. The summed E-state index contributed by atoms with van der Waals surface area (Å²) in [5, 5.41) is 0. The van der Waals surface area contributed by atoms with E-state index in [-0.39, 0.29) is 0 Å². The number of nitrogens with zero attached hydrogens (tertiary/aromatic N) is 1. The van der Waals surface area contributed by atoms with E-state index in [0.29, 0.717) is 0 Å². The predicted octanol–water partition coefficient (Wildman–Crippen LogP) is 1.59. The van der Waals surface area contributed by atoms with Crippen LogP contribution in [0.5, 0.6) is 0 Å². The van der Waals surface area contributed by atoms with Crippen LogP contribution in [0, 0.1) is 11.8 Å². The Kier molecular flexibility index (Phi) is 1.80. The molecule has 0 saturated carbocycles. The molecular formula is C8H17N. The molecule has 1 saturated heterocycles. The molecule has 1 rings (SSSR count). The molecule has 0 aliphatic carbocycles. The van der Waals surface area contributed by atoms with Crippen LogP contribution in [0.4, 0.5) is 0 Å². The van der Waals surface area contributed by atoms with Gasteiger partial charge in [-0.1, -0.05) is 13.8 Å². The fourth-order valence-electron chi connectivity index (χ4n) is 1.66. The van der Waals surface area contributed by atoms with E-state index in [1.54, 1.807) is 0 Å². The van der Waals surface area contributed by atoms with Gasteiger partial charge in [-0.3, -0.25) is 0 Å². The molecular weight excluding hydrogens is 110 g/mol. The predicted molar refractivity (Wildman–Crippen MR) is 40.4 cm³/mol. The molecule has 0 aromatic rings. The number of likely N-dealkylation sites (tertiary alicyclic amines) is 1. The summed E-state index contributed by atoms with van der Waals surface area (Å²) < 4.78 is 0. The van der Waals surface area contributed by atoms with Crippen molar-refractivity contribution in [3.8, 4) is 0 Å². The van der Waals surface area contributed by atoms with E-state index < -0.39 is 0 Å². The molecule has 1 heterocycles. The first-order valence-electron chi connectivity index (χ1n) is 3.83. The van der Waals surface area contributed by atoms with Crippen molar-refractivity contribution in [2.24, 2.45) is 11.8 Å². The normalized spacial score (nSPS) is 46.0. The molecule has 0 aromatic carbocycles. The quantitative estimate of drug-likeness (QED) is 0.477. The summed E-state index contributed by atoms with van der Waals surface area (Å²) in [4.78, 5) is 2.44. The molecule has 9 heavy (non-hydrogen) atoms. The zero-order valence-electron chi connectivity index (χ0n) is 6.89. The van der Waals surface area contributed by atoms with Gasteiger partial charge in [0.2, 0.25) is 0 Å². The van der Waals surface area contributed by atoms with Crippen molar-refractivity contribution in [2.45, 2.75) is 26.8 Å². The molecule has 1 heteroatoms. The van der Waals surface area contributed by atoms with Gasteiger partial charge in [0.15, 0.2) is 0 Å². The monoisotopic (exact) mass is 127 g/mol. The highest BCUT2D eigenvalue weighted by Gasteiger charge is 2.30. The Morgan fingerprint density at radius 3 is 1.89 bits per heavy atom. The van der Waals surface area contributed by atoms with Crippen molar-refractivity contribution in [3.05, 3.63) is 0 Å². The maximum atomic E-state index is 2.44. The summed E-state index contributed by atoms with van der Waals surface area (Å²) in [6.45, 7) is 8.28. The first kappa shape index (κ1) is 7.07. The molecule has 1 fully saturated rings. The Labute approximate surface area is 58.0 Å². The highest BCUT2D eigenvalue weighted by Crippen LogP contribution is 2.26. The summed E-state index contributed by atoms with van der Waals surface area (Å²) >= 11 is 0. The third-order valence-corrected chi connectivity index (χ3v) is 2.93. The van der Waals surface area contributed by atoms with E-state index in [0.717, 1.165) is 17.9 Å². The number of hydrogen-bond acceptors (Lipinski definition) is 1. The highest BCUT2D eigenvalue weighted by atomic mass is 15.2. The Hall–Kier alpha value is -0.0400. The van der Waals surface area contributed by atoms with E-state index in [9.17, 15) is 0 Å². The van der Waals surface area contributed by atoms with Gasteiger partial charge in [0.1, 0.15) is 0 Å². The van der Waals surface area contributed by atoms with Crippen LogP contribution in [0.2, 0.25) is 0 Å². The maximum Gasteiger partial charge on any atom is 0.00926 e. The molecule has 0 N–H and O–H groups in total. The molecule has 1 unspecified atom stereocenters. The molecule has 0 bridgehead atoms. The van der Waals surface area contributed by atoms with Crippen molar-refractivity contribution in [1.29, 1.82) is 0 Å². The zero-order valence-corrected chi connectivity index (χ0v) is 6.89. The van der Waals surface area contributed by atoms with Crippen LogP contribution in [0.1, 0.15) is 20.8 Å². The SMILES string of the molecule is CC1[C@@H](C)[C@@H](C)CN1C. The summed E-state index contributed by atoms with van der Waals surface area (Å²) in [6, 6.07) is 0.792. The smallest absolute Gasteiger partial charge is 0.00926 e. The molecule has 1 aliphatic rings. The van der Waals surface area contributed by atoms with Crippen LogP contribution in [0.3, 0.4) is 0 Å². The standard InChI is InChI=1S/C8H17N/c1-6-5-9(4)8(3)7(6)2/h6-8H,5H2,1-4H3/t6-,7-,8?/m0/s1. The Balaban J connectivity index is 2.54. The van der Waals surface area contributed by atoms with Gasteiger partial charge in [-0.25, -0.2) is 0 Å². The number of hydrogen-bond donors (Lipinski definition) is 0. The Morgan fingerprint density at radius 2 is 1.78 bits per heavy atom. The third-order valence-electron chi connectivity index (χ3n) is 2.93. The van der Waals surface area contributed by atoms with E-state index >= 15 is 0 Å². The van der Waals surface area contributed by atoms with Crippen LogP contribution < -0.4 is 0 Å². The van der Waals surface area contributed by atoms with Gasteiger partial charge in [0.25, 0.3) is 0 Å². The van der Waals surface area contributed by atoms with E-state index in [2.05, 4.69) is 32.7 Å². The molecule has 1 nitrogen and oxygen atoms in total. The van der Waals surface area contributed by atoms with Gasteiger partial charge in [-0.05, 0) is 25.8 Å². The van der Waals surface area contributed by atoms with Crippen LogP contribution in [0.15, 0.2) is 0 Å². The topological polar surface area (TPSA) is 3.24 Å². The van der Waals surface area contributed by atoms with Crippen LogP contribution in [-0.2, 0) is 0 Å². The molecule has 54 valence electrons. The fraction of sp³-hybridized carbons (Fsp3) is 1.00. The fourth-order valence-corrected chi connectivity index (χ4v) is 1.66. The van der Waals surface area contributed by atoms with Crippen LogP contribution in [0.25, 0.3) is 0 Å². The van der Waals surface area contributed by atoms with Crippen molar-refractivity contribution in [1.82, 2.24) is 4.90 Å².